The van der Waals surface area contributed by atoms with Crippen LogP contribution in [0.25, 0.3) is 16.6 Å². The molecule has 0 saturated carbocycles. The summed E-state index contributed by atoms with van der Waals surface area (Å²) >= 11 is 6.07. The van der Waals surface area contributed by atoms with Crippen LogP contribution in [0.5, 0.6) is 0 Å². The normalized spacial score (nSPS) is 14.1. The summed E-state index contributed by atoms with van der Waals surface area (Å²) in [7, 11) is 0. The molecule has 0 N–H and O–H groups in total. The summed E-state index contributed by atoms with van der Waals surface area (Å²) in [6.07, 6.45) is 1.60. The lowest BCUT2D eigenvalue weighted by atomic mass is 10.1. The van der Waals surface area contributed by atoms with Gasteiger partial charge in [-0.25, -0.2) is 4.98 Å². The molecule has 4 aromatic rings. The average molecular weight is 464 g/mol. The number of rotatable bonds is 3. The lowest BCUT2D eigenvalue weighted by Gasteiger charge is -2.36. The third kappa shape index (κ3) is 3.76. The summed E-state index contributed by atoms with van der Waals surface area (Å²) < 4.78 is 1.39. The maximum absolute atomic E-state index is 13.3. The van der Waals surface area contributed by atoms with Crippen LogP contribution in [-0.4, -0.2) is 51.3 Å². The Kier molecular flexibility index (Phi) is 5.18. The fourth-order valence-electron chi connectivity index (χ4n) is 4.09. The fraction of sp³-hybridized carbons (Fsp3) is 0.174. The highest BCUT2D eigenvalue weighted by molar-refractivity contribution is 6.31. The van der Waals surface area contributed by atoms with Crippen LogP contribution in [0, 0.1) is 10.1 Å². The lowest BCUT2D eigenvalue weighted by Crippen LogP contribution is -2.49. The largest absolute Gasteiger partial charge is 0.368 e. The highest BCUT2D eigenvalue weighted by Crippen LogP contribution is 2.22. The number of non-ortho nitro benzene ring substituents is 1. The van der Waals surface area contributed by atoms with Crippen LogP contribution in [-0.2, 0) is 0 Å². The molecular formula is C23H18ClN5O4. The summed E-state index contributed by atoms with van der Waals surface area (Å²) in [5.74, 6) is -0.204. The Morgan fingerprint density at radius 3 is 2.45 bits per heavy atom. The smallest absolute Gasteiger partial charge is 0.269 e. The van der Waals surface area contributed by atoms with Crippen molar-refractivity contribution < 1.29 is 9.72 Å². The molecule has 1 saturated heterocycles. The third-order valence-electron chi connectivity index (χ3n) is 5.83. The molecule has 0 aliphatic carbocycles. The molecule has 1 fully saturated rings. The zero-order valence-electron chi connectivity index (χ0n) is 17.3. The van der Waals surface area contributed by atoms with Gasteiger partial charge in [0.05, 0.1) is 21.4 Å². The number of pyridine rings is 1. The van der Waals surface area contributed by atoms with Gasteiger partial charge in [0.2, 0.25) is 0 Å². The van der Waals surface area contributed by atoms with Gasteiger partial charge in [0.25, 0.3) is 17.2 Å². The van der Waals surface area contributed by atoms with E-state index in [0.717, 1.165) is 5.69 Å². The summed E-state index contributed by atoms with van der Waals surface area (Å²) in [4.78, 5) is 45.1. The van der Waals surface area contributed by atoms with E-state index in [1.54, 1.807) is 53.6 Å². The molecule has 166 valence electrons. The predicted molar refractivity (Wildman–Crippen MR) is 125 cm³/mol. The topological polar surface area (TPSA) is 101 Å². The first-order valence-electron chi connectivity index (χ1n) is 10.3. The quantitative estimate of drug-likeness (QED) is 0.262. The van der Waals surface area contributed by atoms with Crippen LogP contribution in [0.4, 0.5) is 11.4 Å². The van der Waals surface area contributed by atoms with Crippen molar-refractivity contribution in [1.82, 2.24) is 14.3 Å². The van der Waals surface area contributed by atoms with Crippen molar-refractivity contribution in [3.8, 4) is 0 Å². The van der Waals surface area contributed by atoms with Gasteiger partial charge in [-0.3, -0.25) is 24.1 Å². The van der Waals surface area contributed by atoms with Gasteiger partial charge in [-0.2, -0.15) is 0 Å². The number of fused-ring (bicyclic) bond motifs is 2. The Bertz CT molecular complexity index is 1460. The van der Waals surface area contributed by atoms with Crippen molar-refractivity contribution in [3.63, 3.8) is 0 Å². The number of aromatic nitrogens is 2. The van der Waals surface area contributed by atoms with E-state index in [1.165, 1.54) is 16.5 Å². The molecule has 0 spiro atoms. The van der Waals surface area contributed by atoms with Crippen LogP contribution < -0.4 is 10.5 Å². The Balaban J connectivity index is 1.41. The maximum Gasteiger partial charge on any atom is 0.269 e. The second-order valence-corrected chi connectivity index (χ2v) is 8.18. The highest BCUT2D eigenvalue weighted by atomic mass is 35.5. The molecule has 1 amide bonds. The van der Waals surface area contributed by atoms with Crippen molar-refractivity contribution in [2.75, 3.05) is 31.1 Å². The Morgan fingerprint density at radius 1 is 1.03 bits per heavy atom. The molecule has 0 unspecified atom stereocenters. The molecule has 0 atom stereocenters. The van der Waals surface area contributed by atoms with Gasteiger partial charge >= 0.3 is 0 Å². The molecular weight excluding hydrogens is 446 g/mol. The molecule has 0 radical (unpaired) electrons. The van der Waals surface area contributed by atoms with Gasteiger partial charge in [-0.1, -0.05) is 11.6 Å². The number of nitro benzene ring substituents is 1. The predicted octanol–water partition coefficient (Wildman–Crippen LogP) is 3.37. The van der Waals surface area contributed by atoms with E-state index in [-0.39, 0.29) is 17.2 Å². The maximum atomic E-state index is 13.3. The third-order valence-corrected chi connectivity index (χ3v) is 6.06. The number of halogens is 1. The summed E-state index contributed by atoms with van der Waals surface area (Å²) in [6, 6.07) is 14.6. The number of nitrogens with zero attached hydrogens (tertiary/aromatic N) is 5. The number of benzene rings is 2. The van der Waals surface area contributed by atoms with E-state index in [1.807, 2.05) is 0 Å². The summed E-state index contributed by atoms with van der Waals surface area (Å²) in [5, 5.41) is 11.8. The minimum absolute atomic E-state index is 0.0417. The number of carbonyl (C=O) groups is 1. The number of hydrogen-bond acceptors (Lipinski definition) is 6. The summed E-state index contributed by atoms with van der Waals surface area (Å²) in [6.45, 7) is 2.11. The van der Waals surface area contributed by atoms with Crippen molar-refractivity contribution in [2.45, 2.75) is 0 Å². The van der Waals surface area contributed by atoms with Gasteiger partial charge in [-0.15, -0.1) is 0 Å². The molecule has 3 heterocycles. The van der Waals surface area contributed by atoms with Crippen molar-refractivity contribution >= 4 is 45.4 Å². The van der Waals surface area contributed by atoms with E-state index in [4.69, 9.17) is 11.6 Å². The van der Waals surface area contributed by atoms with Crippen LogP contribution in [0.1, 0.15) is 10.4 Å². The second kappa shape index (κ2) is 8.18. The first-order valence-corrected chi connectivity index (χ1v) is 10.7. The number of anilines is 1. The number of nitro groups is 1. The second-order valence-electron chi connectivity index (χ2n) is 7.75. The summed E-state index contributed by atoms with van der Waals surface area (Å²) in [5.41, 5.74) is 1.73. The first-order chi connectivity index (χ1) is 15.9. The molecule has 2 aromatic heterocycles. The number of piperazine rings is 1. The molecule has 1 aliphatic rings. The Morgan fingerprint density at radius 2 is 1.76 bits per heavy atom. The van der Waals surface area contributed by atoms with Gasteiger partial charge in [0, 0.05) is 55.2 Å². The van der Waals surface area contributed by atoms with Gasteiger partial charge in [-0.05, 0) is 42.5 Å². The average Bonchev–Trinajstić information content (AvgIpc) is 2.83. The number of carbonyl (C=O) groups excluding carboxylic acids is 1. The van der Waals surface area contributed by atoms with Crippen LogP contribution in [0.15, 0.2) is 65.6 Å². The standard InChI is InChI=1S/C23H18ClN5O4/c24-15-3-8-18-20(14-15)25-21-19(2-1-9-28(21)23(18)31)22(30)27-12-10-26(11-13-27)16-4-6-17(7-5-16)29(32)33/h1-9,14H,10-13H2. The van der Waals surface area contributed by atoms with E-state index in [9.17, 15) is 19.7 Å². The SMILES string of the molecule is O=C(c1cccn2c(=O)c3ccc(Cl)cc3nc12)N1CCN(c2ccc([N+](=O)[O-])cc2)CC1. The molecule has 10 heteroatoms. The molecule has 33 heavy (non-hydrogen) atoms. The highest BCUT2D eigenvalue weighted by Gasteiger charge is 2.25. The minimum atomic E-state index is -0.429. The van der Waals surface area contributed by atoms with E-state index >= 15 is 0 Å². The molecule has 5 rings (SSSR count). The zero-order chi connectivity index (χ0) is 23.1. The molecule has 2 aromatic carbocycles. The van der Waals surface area contributed by atoms with E-state index < -0.39 is 4.92 Å². The number of amides is 1. The van der Waals surface area contributed by atoms with Crippen molar-refractivity contribution in [1.29, 1.82) is 0 Å². The Labute approximate surface area is 192 Å². The van der Waals surface area contributed by atoms with Crippen molar-refractivity contribution in [2.24, 2.45) is 0 Å². The van der Waals surface area contributed by atoms with Crippen LogP contribution in [0.2, 0.25) is 5.02 Å². The van der Waals surface area contributed by atoms with Crippen LogP contribution >= 0.6 is 11.6 Å². The molecule has 0 bridgehead atoms. The van der Waals surface area contributed by atoms with E-state index in [0.29, 0.717) is 53.3 Å². The van der Waals surface area contributed by atoms with Crippen molar-refractivity contribution in [3.05, 3.63) is 91.8 Å². The van der Waals surface area contributed by atoms with E-state index in [2.05, 4.69) is 9.88 Å². The van der Waals surface area contributed by atoms with Gasteiger partial charge < -0.3 is 9.80 Å². The first kappa shape index (κ1) is 20.9. The number of hydrogen-bond donors (Lipinski definition) is 0. The van der Waals surface area contributed by atoms with Gasteiger partial charge in [0.1, 0.15) is 0 Å². The Hall–Kier alpha value is -3.98. The van der Waals surface area contributed by atoms with Crippen LogP contribution in [0.3, 0.4) is 0 Å². The minimum Gasteiger partial charge on any atom is -0.368 e. The monoisotopic (exact) mass is 463 g/mol. The molecule has 1 aliphatic heterocycles. The molecule has 9 nitrogen and oxygen atoms in total. The lowest BCUT2D eigenvalue weighted by molar-refractivity contribution is -0.384. The zero-order valence-corrected chi connectivity index (χ0v) is 18.1. The van der Waals surface area contributed by atoms with Gasteiger partial charge in [0.15, 0.2) is 5.65 Å². The fourth-order valence-corrected chi connectivity index (χ4v) is 4.26.